The molecule has 28 heavy (non-hydrogen) atoms. The highest BCUT2D eigenvalue weighted by molar-refractivity contribution is 9.08. The molecule has 152 valence electrons. The molecule has 6 heteroatoms. The summed E-state index contributed by atoms with van der Waals surface area (Å²) in [6.07, 6.45) is -0.954. The Balaban J connectivity index is 2.70. The van der Waals surface area contributed by atoms with E-state index in [1.165, 1.54) is 18.2 Å². The number of ether oxygens (including phenoxy) is 2. The number of aromatic nitrogens is 1. The van der Waals surface area contributed by atoms with Gasteiger partial charge in [0.25, 0.3) is 0 Å². The molecule has 4 nitrogen and oxygen atoms in total. The third-order valence-electron chi connectivity index (χ3n) is 4.53. The molecule has 1 aromatic carbocycles. The number of benzene rings is 1. The van der Waals surface area contributed by atoms with Gasteiger partial charge in [0, 0.05) is 16.5 Å². The van der Waals surface area contributed by atoms with Crippen LogP contribution in [0.3, 0.4) is 0 Å². The lowest BCUT2D eigenvalue weighted by Crippen LogP contribution is -2.29. The molecule has 0 saturated heterocycles. The van der Waals surface area contributed by atoms with Gasteiger partial charge in [-0.25, -0.2) is 4.79 Å². The Hall–Kier alpha value is -1.43. The second kappa shape index (κ2) is 8.93. The Morgan fingerprint density at radius 3 is 2.36 bits per heavy atom. The smallest absolute Gasteiger partial charge is 0.339 e. The standard InChI is InChI=1S/C22H27BrClNO3/c1-12-8-9-15(10-13(12)2)19-14(3)18(24)17(16(11-23)25-19)20(21(26)27-7)28-22(4,5)6/h8-10,20H,11H2,1-7H3. The van der Waals surface area contributed by atoms with E-state index >= 15 is 0 Å². The van der Waals surface area contributed by atoms with Crippen molar-refractivity contribution in [1.82, 2.24) is 4.98 Å². The summed E-state index contributed by atoms with van der Waals surface area (Å²) in [6.45, 7) is 11.7. The Morgan fingerprint density at radius 2 is 1.86 bits per heavy atom. The van der Waals surface area contributed by atoms with Crippen molar-refractivity contribution in [2.45, 2.75) is 58.6 Å². The zero-order valence-corrected chi connectivity index (χ0v) is 19.8. The quantitative estimate of drug-likeness (QED) is 0.384. The van der Waals surface area contributed by atoms with Crippen molar-refractivity contribution in [3.63, 3.8) is 0 Å². The van der Waals surface area contributed by atoms with Crippen LogP contribution in [0, 0.1) is 20.8 Å². The van der Waals surface area contributed by atoms with Crippen LogP contribution in [-0.2, 0) is 19.6 Å². The number of alkyl halides is 1. The minimum absolute atomic E-state index is 0.432. The van der Waals surface area contributed by atoms with Crippen molar-refractivity contribution in [1.29, 1.82) is 0 Å². The summed E-state index contributed by atoms with van der Waals surface area (Å²) < 4.78 is 11.0. The Bertz CT molecular complexity index is 890. The molecule has 0 spiro atoms. The van der Waals surface area contributed by atoms with Crippen molar-refractivity contribution in [3.05, 3.63) is 51.2 Å². The van der Waals surface area contributed by atoms with Gasteiger partial charge in [0.15, 0.2) is 6.10 Å². The second-order valence-electron chi connectivity index (χ2n) is 7.83. The monoisotopic (exact) mass is 467 g/mol. The first-order chi connectivity index (χ1) is 13.0. The first-order valence-electron chi connectivity index (χ1n) is 9.08. The van der Waals surface area contributed by atoms with E-state index in [1.807, 2.05) is 33.8 Å². The first-order valence-corrected chi connectivity index (χ1v) is 10.6. The second-order valence-corrected chi connectivity index (χ2v) is 8.76. The summed E-state index contributed by atoms with van der Waals surface area (Å²) in [5, 5.41) is 0.901. The number of rotatable bonds is 5. The van der Waals surface area contributed by atoms with Gasteiger partial charge in [-0.15, -0.1) is 0 Å². The van der Waals surface area contributed by atoms with E-state index in [0.717, 1.165) is 16.8 Å². The van der Waals surface area contributed by atoms with Gasteiger partial charge in [-0.1, -0.05) is 39.7 Å². The molecule has 1 aromatic heterocycles. The van der Waals surface area contributed by atoms with Gasteiger partial charge in [0.1, 0.15) is 0 Å². The zero-order valence-electron chi connectivity index (χ0n) is 17.4. The van der Waals surface area contributed by atoms with Crippen molar-refractivity contribution in [3.8, 4) is 11.3 Å². The van der Waals surface area contributed by atoms with Gasteiger partial charge in [0.05, 0.1) is 29.1 Å². The minimum Gasteiger partial charge on any atom is -0.467 e. The molecule has 0 aliphatic carbocycles. The number of pyridine rings is 1. The molecular formula is C22H27BrClNO3. The highest BCUT2D eigenvalue weighted by Crippen LogP contribution is 2.39. The summed E-state index contributed by atoms with van der Waals surface area (Å²) in [4.78, 5) is 17.4. The average Bonchev–Trinajstić information content (AvgIpc) is 2.63. The number of esters is 1. The lowest BCUT2D eigenvalue weighted by Gasteiger charge is -2.28. The molecule has 1 heterocycles. The number of methoxy groups -OCH3 is 1. The van der Waals surface area contributed by atoms with Gasteiger partial charge in [-0.2, -0.15) is 0 Å². The number of halogens is 2. The van der Waals surface area contributed by atoms with Crippen molar-refractivity contribution in [2.75, 3.05) is 7.11 Å². The number of hydrogen-bond acceptors (Lipinski definition) is 4. The predicted octanol–water partition coefficient (Wildman–Crippen LogP) is 6.25. The fourth-order valence-corrected chi connectivity index (χ4v) is 3.66. The van der Waals surface area contributed by atoms with E-state index in [0.29, 0.717) is 21.6 Å². The molecule has 2 aromatic rings. The van der Waals surface area contributed by atoms with Crippen molar-refractivity contribution < 1.29 is 14.3 Å². The Labute approximate surface area is 180 Å². The molecule has 1 unspecified atom stereocenters. The Kier molecular flexibility index (Phi) is 7.29. The maximum absolute atomic E-state index is 12.5. The summed E-state index contributed by atoms with van der Waals surface area (Å²) in [5.74, 6) is -0.501. The van der Waals surface area contributed by atoms with E-state index in [4.69, 9.17) is 26.1 Å². The number of carbonyl (C=O) groups is 1. The average molecular weight is 469 g/mol. The van der Waals surface area contributed by atoms with Crippen LogP contribution in [0.15, 0.2) is 18.2 Å². The van der Waals surface area contributed by atoms with Crippen molar-refractivity contribution in [2.24, 2.45) is 0 Å². The van der Waals surface area contributed by atoms with Gasteiger partial charge < -0.3 is 9.47 Å². The topological polar surface area (TPSA) is 48.4 Å². The van der Waals surface area contributed by atoms with E-state index in [1.54, 1.807) is 0 Å². The highest BCUT2D eigenvalue weighted by atomic mass is 79.9. The van der Waals surface area contributed by atoms with Gasteiger partial charge in [-0.3, -0.25) is 4.98 Å². The maximum Gasteiger partial charge on any atom is 0.339 e. The lowest BCUT2D eigenvalue weighted by atomic mass is 9.97. The largest absolute Gasteiger partial charge is 0.467 e. The van der Waals surface area contributed by atoms with Gasteiger partial charge in [-0.05, 0) is 64.3 Å². The van der Waals surface area contributed by atoms with Crippen LogP contribution in [0.5, 0.6) is 0 Å². The summed E-state index contributed by atoms with van der Waals surface area (Å²) in [7, 11) is 1.34. The van der Waals surface area contributed by atoms with Crippen LogP contribution in [0.4, 0.5) is 0 Å². The van der Waals surface area contributed by atoms with E-state index in [2.05, 4.69) is 41.9 Å². The fourth-order valence-electron chi connectivity index (χ4n) is 2.94. The number of hydrogen-bond donors (Lipinski definition) is 0. The molecule has 2 rings (SSSR count). The molecule has 0 N–H and O–H groups in total. The van der Waals surface area contributed by atoms with E-state index in [9.17, 15) is 4.79 Å². The van der Waals surface area contributed by atoms with Crippen LogP contribution in [0.2, 0.25) is 5.02 Å². The zero-order chi connectivity index (χ0) is 21.2. The molecule has 0 saturated carbocycles. The SMILES string of the molecule is COC(=O)C(OC(C)(C)C)c1c(CBr)nc(-c2ccc(C)c(C)c2)c(C)c1Cl. The molecule has 0 amide bonds. The van der Waals surface area contributed by atoms with Crippen LogP contribution in [0.1, 0.15) is 54.8 Å². The van der Waals surface area contributed by atoms with E-state index in [-0.39, 0.29) is 0 Å². The molecular weight excluding hydrogens is 442 g/mol. The fraction of sp³-hybridized carbons (Fsp3) is 0.455. The van der Waals surface area contributed by atoms with Crippen LogP contribution < -0.4 is 0 Å². The third kappa shape index (κ3) is 4.94. The number of aryl methyl sites for hydroxylation is 2. The maximum atomic E-state index is 12.5. The highest BCUT2D eigenvalue weighted by Gasteiger charge is 2.33. The summed E-state index contributed by atoms with van der Waals surface area (Å²) in [5.41, 5.74) is 5.63. The normalized spacial score (nSPS) is 12.8. The molecule has 1 atom stereocenters. The number of nitrogens with zero attached hydrogens (tertiary/aromatic N) is 1. The summed E-state index contributed by atoms with van der Waals surface area (Å²) >= 11 is 10.3. The lowest BCUT2D eigenvalue weighted by molar-refractivity contribution is -0.164. The van der Waals surface area contributed by atoms with Crippen LogP contribution in [-0.4, -0.2) is 23.7 Å². The first kappa shape index (κ1) is 22.9. The predicted molar refractivity (Wildman–Crippen MR) is 117 cm³/mol. The molecule has 0 aliphatic heterocycles. The Morgan fingerprint density at radius 1 is 1.21 bits per heavy atom. The number of carbonyl (C=O) groups excluding carboxylic acids is 1. The molecule has 0 aliphatic rings. The molecule has 0 fully saturated rings. The third-order valence-corrected chi connectivity index (χ3v) is 5.55. The van der Waals surface area contributed by atoms with Gasteiger partial charge in [0.2, 0.25) is 0 Å². The summed E-state index contributed by atoms with van der Waals surface area (Å²) in [6, 6.07) is 6.21. The van der Waals surface area contributed by atoms with Crippen LogP contribution >= 0.6 is 27.5 Å². The van der Waals surface area contributed by atoms with Gasteiger partial charge >= 0.3 is 5.97 Å². The van der Waals surface area contributed by atoms with E-state index < -0.39 is 17.7 Å². The van der Waals surface area contributed by atoms with Crippen molar-refractivity contribution >= 4 is 33.5 Å². The minimum atomic E-state index is -0.954. The molecule has 0 radical (unpaired) electrons. The van der Waals surface area contributed by atoms with Crippen LogP contribution in [0.25, 0.3) is 11.3 Å². The molecule has 0 bridgehead atoms.